The molecule has 3 N–H and O–H groups in total. The maximum Gasteiger partial charge on any atom is 0.192 e. The number of hydrogen-bond acceptors (Lipinski definition) is 4. The van der Waals surface area contributed by atoms with Crippen molar-refractivity contribution in [3.63, 3.8) is 0 Å². The molecule has 4 aliphatic carbocycles. The van der Waals surface area contributed by atoms with Crippen LogP contribution in [0.25, 0.3) is 0 Å². The normalized spacial score (nSPS) is 51.8. The van der Waals surface area contributed by atoms with Crippen molar-refractivity contribution in [3.8, 4) is 0 Å². The second-order valence-electron chi connectivity index (χ2n) is 13.3. The van der Waals surface area contributed by atoms with Crippen LogP contribution in [0.1, 0.15) is 79.6 Å². The van der Waals surface area contributed by atoms with Crippen LogP contribution in [0.4, 0.5) is 0 Å². The summed E-state index contributed by atoms with van der Waals surface area (Å²) in [4.78, 5) is 0. The molecule has 4 saturated carbocycles. The molecule has 30 heavy (non-hydrogen) atoms. The molecule has 0 bridgehead atoms. The van der Waals surface area contributed by atoms with Crippen molar-refractivity contribution in [2.75, 3.05) is 0 Å². The van der Waals surface area contributed by atoms with Gasteiger partial charge in [0, 0.05) is 0 Å². The minimum absolute atomic E-state index is 0.0267. The molecule has 0 aromatic carbocycles. The van der Waals surface area contributed by atoms with E-state index < -0.39 is 26.6 Å². The highest BCUT2D eigenvalue weighted by Crippen LogP contribution is 2.67. The van der Waals surface area contributed by atoms with Gasteiger partial charge >= 0.3 is 0 Å². The predicted molar refractivity (Wildman–Crippen MR) is 123 cm³/mol. The first-order chi connectivity index (χ1) is 13.7. The van der Waals surface area contributed by atoms with Crippen molar-refractivity contribution >= 4 is 8.32 Å². The minimum Gasteiger partial charge on any atom is -0.413 e. The van der Waals surface area contributed by atoms with E-state index in [1.54, 1.807) is 0 Å². The number of aliphatic hydroxyl groups is 3. The smallest absolute Gasteiger partial charge is 0.192 e. The van der Waals surface area contributed by atoms with Crippen molar-refractivity contribution in [1.29, 1.82) is 0 Å². The van der Waals surface area contributed by atoms with E-state index in [2.05, 4.69) is 47.7 Å². The van der Waals surface area contributed by atoms with Crippen molar-refractivity contribution in [2.45, 2.75) is 122 Å². The topological polar surface area (TPSA) is 69.9 Å². The fraction of sp³-hybridized carbons (Fsp3) is 1.00. The summed E-state index contributed by atoms with van der Waals surface area (Å²) < 4.78 is 6.94. The monoisotopic (exact) mass is 438 g/mol. The van der Waals surface area contributed by atoms with Gasteiger partial charge in [0.05, 0.1) is 24.4 Å². The molecule has 0 amide bonds. The zero-order valence-electron chi connectivity index (χ0n) is 20.3. The fourth-order valence-electron chi connectivity index (χ4n) is 8.11. The second kappa shape index (κ2) is 7.28. The van der Waals surface area contributed by atoms with Gasteiger partial charge in [-0.15, -0.1) is 0 Å². The maximum atomic E-state index is 11.6. The Balaban J connectivity index is 1.67. The van der Waals surface area contributed by atoms with Gasteiger partial charge in [0.25, 0.3) is 0 Å². The Bertz CT molecular complexity index is 660. The van der Waals surface area contributed by atoms with Crippen LogP contribution in [0, 0.1) is 34.5 Å². The van der Waals surface area contributed by atoms with Crippen molar-refractivity contribution in [2.24, 2.45) is 34.5 Å². The van der Waals surface area contributed by atoms with E-state index in [-0.39, 0.29) is 39.7 Å². The molecule has 4 nitrogen and oxygen atoms in total. The molecular formula is C25H46O4Si. The van der Waals surface area contributed by atoms with Gasteiger partial charge < -0.3 is 19.7 Å². The van der Waals surface area contributed by atoms with Gasteiger partial charge in [-0.05, 0) is 84.7 Å². The summed E-state index contributed by atoms with van der Waals surface area (Å²) in [5.74, 6) is 0.485. The quantitative estimate of drug-likeness (QED) is 0.546. The van der Waals surface area contributed by atoms with E-state index in [9.17, 15) is 15.3 Å². The Morgan fingerprint density at radius 2 is 1.53 bits per heavy atom. The summed E-state index contributed by atoms with van der Waals surface area (Å²) in [6.45, 7) is 16.1. The van der Waals surface area contributed by atoms with E-state index in [0.717, 1.165) is 38.5 Å². The first-order valence-corrected chi connectivity index (χ1v) is 15.4. The number of rotatable bonds is 2. The Kier molecular flexibility index (Phi) is 5.63. The molecule has 0 spiro atoms. The molecule has 4 aliphatic rings. The molecule has 5 heteroatoms. The van der Waals surface area contributed by atoms with Gasteiger partial charge in [0.15, 0.2) is 8.32 Å². The van der Waals surface area contributed by atoms with Crippen molar-refractivity contribution in [1.82, 2.24) is 0 Å². The fourth-order valence-corrected chi connectivity index (χ4v) is 9.56. The van der Waals surface area contributed by atoms with E-state index in [1.807, 2.05) is 0 Å². The molecule has 0 aromatic rings. The first-order valence-electron chi connectivity index (χ1n) is 12.5. The molecule has 0 radical (unpaired) electrons. The van der Waals surface area contributed by atoms with Crippen molar-refractivity contribution < 1.29 is 19.7 Å². The van der Waals surface area contributed by atoms with Gasteiger partial charge in [0.2, 0.25) is 0 Å². The Labute approximate surface area is 184 Å². The Morgan fingerprint density at radius 3 is 2.17 bits per heavy atom. The lowest BCUT2D eigenvalue weighted by atomic mass is 9.43. The third-order valence-corrected chi connectivity index (χ3v) is 15.2. The molecule has 10 unspecified atom stereocenters. The molecular weight excluding hydrogens is 392 g/mol. The molecule has 10 atom stereocenters. The highest BCUT2D eigenvalue weighted by molar-refractivity contribution is 6.74. The predicted octanol–water partition coefficient (Wildman–Crippen LogP) is 4.72. The number of fused-ring (bicyclic) bond motifs is 5. The average molecular weight is 439 g/mol. The van der Waals surface area contributed by atoms with Gasteiger partial charge in [-0.3, -0.25) is 0 Å². The zero-order valence-corrected chi connectivity index (χ0v) is 21.3. The summed E-state index contributed by atoms with van der Waals surface area (Å²) in [6.07, 6.45) is 5.48. The van der Waals surface area contributed by atoms with E-state index in [0.29, 0.717) is 5.92 Å². The zero-order chi connectivity index (χ0) is 22.3. The van der Waals surface area contributed by atoms with E-state index in [4.69, 9.17) is 4.43 Å². The molecule has 4 fully saturated rings. The maximum absolute atomic E-state index is 11.6. The Morgan fingerprint density at radius 1 is 0.867 bits per heavy atom. The number of aliphatic hydroxyl groups excluding tert-OH is 3. The molecule has 174 valence electrons. The van der Waals surface area contributed by atoms with Crippen LogP contribution >= 0.6 is 0 Å². The van der Waals surface area contributed by atoms with Crippen LogP contribution in [-0.4, -0.2) is 48.1 Å². The summed E-state index contributed by atoms with van der Waals surface area (Å²) in [6, 6.07) is 0. The lowest BCUT2D eigenvalue weighted by molar-refractivity contribution is -0.244. The van der Waals surface area contributed by atoms with Gasteiger partial charge in [-0.25, -0.2) is 0 Å². The summed E-state index contributed by atoms with van der Waals surface area (Å²) in [5, 5.41) is 34.2. The second-order valence-corrected chi connectivity index (χ2v) is 18.0. The number of hydrogen-bond donors (Lipinski definition) is 3. The standard InChI is InChI=1S/C25H46O4Si/c1-23(2,3)30(6,7)29-18-12-11-15-19-20(17(26)14-25(15,18)5)24(4)13-9-8-10-16(24)21(27)22(19)28/h15-22,26-28H,8-14H2,1-7H3. The van der Waals surface area contributed by atoms with Crippen LogP contribution in [0.2, 0.25) is 18.1 Å². The summed E-state index contributed by atoms with van der Waals surface area (Å²) >= 11 is 0. The molecule has 0 heterocycles. The highest BCUT2D eigenvalue weighted by atomic mass is 28.4. The Hall–Kier alpha value is 0.0569. The molecule has 0 saturated heterocycles. The highest BCUT2D eigenvalue weighted by Gasteiger charge is 2.67. The third-order valence-electron chi connectivity index (χ3n) is 10.8. The molecule has 0 aliphatic heterocycles. The largest absolute Gasteiger partial charge is 0.413 e. The van der Waals surface area contributed by atoms with Gasteiger partial charge in [0.1, 0.15) is 0 Å². The lowest BCUT2D eigenvalue weighted by Gasteiger charge is -2.64. The third kappa shape index (κ3) is 3.20. The summed E-state index contributed by atoms with van der Waals surface area (Å²) in [5.41, 5.74) is -0.199. The van der Waals surface area contributed by atoms with Gasteiger partial charge in [-0.1, -0.05) is 47.5 Å². The summed E-state index contributed by atoms with van der Waals surface area (Å²) in [7, 11) is -1.93. The van der Waals surface area contributed by atoms with Crippen LogP contribution < -0.4 is 0 Å². The van der Waals surface area contributed by atoms with E-state index in [1.165, 1.54) is 6.42 Å². The first kappa shape index (κ1) is 23.2. The van der Waals surface area contributed by atoms with E-state index >= 15 is 0 Å². The van der Waals surface area contributed by atoms with Crippen LogP contribution in [0.3, 0.4) is 0 Å². The van der Waals surface area contributed by atoms with Crippen LogP contribution in [0.15, 0.2) is 0 Å². The average Bonchev–Trinajstić information content (AvgIpc) is 2.93. The molecule has 0 aromatic heterocycles. The SMILES string of the molecule is CC12CC(O)C3C(C(O)C(O)C4CCCCC43C)C1CCC2O[Si](C)(C)C(C)(C)C. The van der Waals surface area contributed by atoms with Gasteiger partial charge in [-0.2, -0.15) is 0 Å². The molecule has 4 rings (SSSR count). The van der Waals surface area contributed by atoms with Crippen LogP contribution in [0.5, 0.6) is 0 Å². The lowest BCUT2D eigenvalue weighted by Crippen LogP contribution is -2.67. The van der Waals surface area contributed by atoms with Crippen molar-refractivity contribution in [3.05, 3.63) is 0 Å². The van der Waals surface area contributed by atoms with Crippen LogP contribution in [-0.2, 0) is 4.43 Å². The minimum atomic E-state index is -1.93.